The molecule has 6 heteroatoms. The van der Waals surface area contributed by atoms with Gasteiger partial charge in [0.2, 0.25) is 0 Å². The highest BCUT2D eigenvalue weighted by Gasteiger charge is 2.21. The maximum Gasteiger partial charge on any atom is 0.349 e. The van der Waals surface area contributed by atoms with E-state index in [1.807, 2.05) is 18.2 Å². The largest absolute Gasteiger partial charge is 0.493 e. The van der Waals surface area contributed by atoms with E-state index in [2.05, 4.69) is 24.3 Å². The molecule has 148 valence electrons. The van der Waals surface area contributed by atoms with Gasteiger partial charge in [0, 0.05) is 22.6 Å². The van der Waals surface area contributed by atoms with Gasteiger partial charge in [-0.1, -0.05) is 42.5 Å². The van der Waals surface area contributed by atoms with Crippen LogP contribution in [0.5, 0.6) is 17.2 Å². The van der Waals surface area contributed by atoms with Crippen LogP contribution in [0.25, 0.3) is 20.9 Å². The molecule has 4 aromatic rings. The maximum atomic E-state index is 11.8. The number of carboxylic acids is 1. The number of rotatable bonds is 7. The van der Waals surface area contributed by atoms with E-state index in [1.54, 1.807) is 26.4 Å². The van der Waals surface area contributed by atoms with Crippen LogP contribution in [0.4, 0.5) is 0 Å². The molecule has 1 N–H and O–H groups in total. The predicted octanol–water partition coefficient (Wildman–Crippen LogP) is 5.39. The van der Waals surface area contributed by atoms with Crippen molar-refractivity contribution >= 4 is 38.2 Å². The van der Waals surface area contributed by atoms with Gasteiger partial charge in [0.25, 0.3) is 0 Å². The lowest BCUT2D eigenvalue weighted by Gasteiger charge is -2.10. The minimum absolute atomic E-state index is 0.174. The zero-order chi connectivity index (χ0) is 20.4. The highest BCUT2D eigenvalue weighted by Crippen LogP contribution is 2.43. The zero-order valence-electron chi connectivity index (χ0n) is 16.1. The van der Waals surface area contributed by atoms with Gasteiger partial charge in [0.15, 0.2) is 22.1 Å². The van der Waals surface area contributed by atoms with Gasteiger partial charge in [-0.05, 0) is 22.4 Å². The van der Waals surface area contributed by atoms with Gasteiger partial charge >= 0.3 is 5.97 Å². The number of thiophene rings is 1. The number of methoxy groups -OCH3 is 2. The van der Waals surface area contributed by atoms with Gasteiger partial charge in [0.1, 0.15) is 0 Å². The van der Waals surface area contributed by atoms with Crippen molar-refractivity contribution in [1.82, 2.24) is 0 Å². The predicted molar refractivity (Wildman–Crippen MR) is 115 cm³/mol. The minimum Gasteiger partial charge on any atom is -0.493 e. The average Bonchev–Trinajstić information content (AvgIpc) is 3.10. The molecule has 29 heavy (non-hydrogen) atoms. The first-order chi connectivity index (χ1) is 14.1. The fourth-order valence-electron chi connectivity index (χ4n) is 3.46. The van der Waals surface area contributed by atoms with Crippen LogP contribution in [-0.2, 0) is 6.42 Å². The summed E-state index contributed by atoms with van der Waals surface area (Å²) in [6.07, 6.45) is 0.672. The van der Waals surface area contributed by atoms with E-state index < -0.39 is 5.97 Å². The normalized spacial score (nSPS) is 11.0. The molecule has 1 aromatic heterocycles. The molecular weight excluding hydrogens is 388 g/mol. The molecule has 4 rings (SSSR count). The average molecular weight is 408 g/mol. The second kappa shape index (κ2) is 8.01. The van der Waals surface area contributed by atoms with Gasteiger partial charge in [-0.3, -0.25) is 0 Å². The van der Waals surface area contributed by atoms with E-state index in [4.69, 9.17) is 14.2 Å². The summed E-state index contributed by atoms with van der Waals surface area (Å²) in [7, 11) is 3.10. The molecule has 3 aromatic carbocycles. The first kappa shape index (κ1) is 19.1. The molecule has 0 amide bonds. The van der Waals surface area contributed by atoms with Crippen LogP contribution in [0.1, 0.15) is 15.2 Å². The quantitative estimate of drug-likeness (QED) is 0.444. The second-order valence-electron chi connectivity index (χ2n) is 6.51. The SMILES string of the molecule is COc1cc2sc(C(=O)O)c(OCCc3cccc4ccccc34)c2cc1OC. The Balaban J connectivity index is 1.66. The number of carboxylic acid groups (broad SMARTS) is 1. The Morgan fingerprint density at radius 2 is 1.69 bits per heavy atom. The highest BCUT2D eigenvalue weighted by atomic mass is 32.1. The number of aromatic carboxylic acids is 1. The third kappa shape index (κ3) is 3.59. The third-order valence-electron chi connectivity index (χ3n) is 4.84. The van der Waals surface area contributed by atoms with Crippen LogP contribution in [0.2, 0.25) is 0 Å². The number of hydrogen-bond donors (Lipinski definition) is 1. The Morgan fingerprint density at radius 1 is 0.966 bits per heavy atom. The smallest absolute Gasteiger partial charge is 0.349 e. The summed E-state index contributed by atoms with van der Waals surface area (Å²) >= 11 is 1.17. The van der Waals surface area contributed by atoms with Crippen molar-refractivity contribution in [2.75, 3.05) is 20.8 Å². The third-order valence-corrected chi connectivity index (χ3v) is 5.96. The Morgan fingerprint density at radius 3 is 2.45 bits per heavy atom. The summed E-state index contributed by atoms with van der Waals surface area (Å²) in [5, 5.41) is 12.7. The minimum atomic E-state index is -1.01. The van der Waals surface area contributed by atoms with E-state index in [0.717, 1.165) is 4.70 Å². The summed E-state index contributed by atoms with van der Waals surface area (Å²) in [5.41, 5.74) is 1.17. The topological polar surface area (TPSA) is 65.0 Å². The Hall–Kier alpha value is -3.25. The van der Waals surface area contributed by atoms with Gasteiger partial charge in [-0.15, -0.1) is 11.3 Å². The van der Waals surface area contributed by atoms with Crippen LogP contribution in [0.15, 0.2) is 54.6 Å². The second-order valence-corrected chi connectivity index (χ2v) is 7.56. The first-order valence-electron chi connectivity index (χ1n) is 9.13. The maximum absolute atomic E-state index is 11.8. The van der Waals surface area contributed by atoms with Crippen molar-refractivity contribution in [1.29, 1.82) is 0 Å². The van der Waals surface area contributed by atoms with Crippen molar-refractivity contribution < 1.29 is 24.1 Å². The summed E-state index contributed by atoms with van der Waals surface area (Å²) < 4.78 is 17.5. The molecule has 0 fully saturated rings. The van der Waals surface area contributed by atoms with Crippen molar-refractivity contribution in [2.24, 2.45) is 0 Å². The van der Waals surface area contributed by atoms with Crippen LogP contribution >= 0.6 is 11.3 Å². The molecule has 0 bridgehead atoms. The fraction of sp³-hybridized carbons (Fsp3) is 0.174. The van der Waals surface area contributed by atoms with Crippen LogP contribution in [0.3, 0.4) is 0 Å². The summed E-state index contributed by atoms with van der Waals surface area (Å²) in [6, 6.07) is 17.9. The van der Waals surface area contributed by atoms with Crippen molar-refractivity contribution in [3.8, 4) is 17.2 Å². The molecule has 0 aliphatic rings. The van der Waals surface area contributed by atoms with E-state index in [9.17, 15) is 9.90 Å². The standard InChI is InChI=1S/C23H20O5S/c1-26-18-12-17-20(13-19(18)27-2)29-22(23(24)25)21(17)28-11-10-15-8-5-7-14-6-3-4-9-16(14)15/h3-9,12-13H,10-11H2,1-2H3,(H,24,25). The van der Waals surface area contributed by atoms with E-state index in [0.29, 0.717) is 35.7 Å². The molecule has 0 spiro atoms. The number of ether oxygens (including phenoxy) is 3. The van der Waals surface area contributed by atoms with Crippen molar-refractivity contribution in [3.05, 3.63) is 65.0 Å². The Kier molecular flexibility index (Phi) is 5.27. The lowest BCUT2D eigenvalue weighted by Crippen LogP contribution is -2.05. The van der Waals surface area contributed by atoms with Gasteiger partial charge < -0.3 is 19.3 Å². The lowest BCUT2D eigenvalue weighted by molar-refractivity contribution is 0.0698. The first-order valence-corrected chi connectivity index (χ1v) is 9.95. The van der Waals surface area contributed by atoms with Crippen molar-refractivity contribution in [2.45, 2.75) is 6.42 Å². The molecule has 1 heterocycles. The monoisotopic (exact) mass is 408 g/mol. The van der Waals surface area contributed by atoms with Crippen LogP contribution < -0.4 is 14.2 Å². The highest BCUT2D eigenvalue weighted by molar-refractivity contribution is 7.21. The summed E-state index contributed by atoms with van der Waals surface area (Å²) in [4.78, 5) is 12.0. The fourth-order valence-corrected chi connectivity index (χ4v) is 4.45. The van der Waals surface area contributed by atoms with Gasteiger partial charge in [0.05, 0.1) is 20.8 Å². The number of benzene rings is 3. The molecule has 0 atom stereocenters. The molecule has 0 saturated carbocycles. The van der Waals surface area contributed by atoms with Gasteiger partial charge in [-0.25, -0.2) is 4.79 Å². The van der Waals surface area contributed by atoms with E-state index in [-0.39, 0.29) is 4.88 Å². The van der Waals surface area contributed by atoms with Crippen LogP contribution in [0, 0.1) is 0 Å². The molecular formula is C23H20O5S. The van der Waals surface area contributed by atoms with Crippen molar-refractivity contribution in [3.63, 3.8) is 0 Å². The zero-order valence-corrected chi connectivity index (χ0v) is 16.9. The molecule has 0 saturated heterocycles. The summed E-state index contributed by atoms with van der Waals surface area (Å²) in [5.74, 6) is 0.456. The number of hydrogen-bond acceptors (Lipinski definition) is 5. The van der Waals surface area contributed by atoms with E-state index in [1.165, 1.54) is 27.7 Å². The van der Waals surface area contributed by atoms with Gasteiger partial charge in [-0.2, -0.15) is 0 Å². The van der Waals surface area contributed by atoms with Crippen LogP contribution in [-0.4, -0.2) is 31.9 Å². The molecule has 0 aliphatic carbocycles. The molecule has 0 radical (unpaired) electrons. The Labute approximate surface area is 172 Å². The lowest BCUT2D eigenvalue weighted by atomic mass is 10.0. The number of fused-ring (bicyclic) bond motifs is 2. The Bertz CT molecular complexity index is 1190. The number of carbonyl (C=O) groups is 1. The molecule has 0 aliphatic heterocycles. The summed E-state index contributed by atoms with van der Waals surface area (Å²) in [6.45, 7) is 0.370. The van der Waals surface area contributed by atoms with E-state index >= 15 is 0 Å². The molecule has 0 unspecified atom stereocenters. The molecule has 5 nitrogen and oxygen atoms in total.